The smallest absolute Gasteiger partial charge is 0.329 e. The molecular weight excluding hydrogens is 524 g/mol. The quantitative estimate of drug-likeness (QED) is 0.434. The number of allylic oxidation sites excluding steroid dienone is 2. The fraction of sp³-hybridized carbons (Fsp3) is 0.250. The van der Waals surface area contributed by atoms with Gasteiger partial charge in [-0.1, -0.05) is 12.1 Å². The molecule has 0 bridgehead atoms. The Morgan fingerprint density at radius 3 is 2.00 bits per heavy atom. The van der Waals surface area contributed by atoms with Gasteiger partial charge in [0.1, 0.15) is 5.75 Å². The summed E-state index contributed by atoms with van der Waals surface area (Å²) in [6.07, 6.45) is 2.73. The Kier molecular flexibility index (Phi) is 11.7. The van der Waals surface area contributed by atoms with Crippen molar-refractivity contribution in [1.29, 1.82) is 0 Å². The summed E-state index contributed by atoms with van der Waals surface area (Å²) in [4.78, 5) is 21.1. The molecule has 0 radical (unpaired) electrons. The van der Waals surface area contributed by atoms with Crippen molar-refractivity contribution in [2.75, 3.05) is 7.11 Å². The number of methoxy groups -OCH3 is 1. The number of carbonyl (C=O) groups excluding carboxylic acids is 1. The van der Waals surface area contributed by atoms with Gasteiger partial charge in [0.05, 0.1) is 7.11 Å². The third-order valence-electron chi connectivity index (χ3n) is 2.28. The number of ether oxygens (including phenoxy) is 1. The van der Waals surface area contributed by atoms with E-state index in [0.29, 0.717) is 6.54 Å². The van der Waals surface area contributed by atoms with Crippen molar-refractivity contribution in [3.63, 3.8) is 0 Å². The molecule has 0 aliphatic carbocycles. The number of aliphatic carboxylic acids is 1. The van der Waals surface area contributed by atoms with Crippen molar-refractivity contribution in [2.24, 2.45) is 0 Å². The minimum absolute atomic E-state index is 0.0669. The van der Waals surface area contributed by atoms with Crippen LogP contribution in [-0.4, -0.2) is 24.1 Å². The summed E-state index contributed by atoms with van der Waals surface area (Å²) in [5.74, 6) is -0.132. The lowest BCUT2D eigenvalue weighted by Crippen LogP contribution is -2.20. The molecule has 0 unspecified atom stereocenters. The normalized spacial score (nSPS) is 11.2. The number of amides is 1. The Hall–Kier alpha value is -1.10. The molecule has 0 saturated carbocycles. The SMILES string of the molecule is C/C(I)=C/C(=O)O.COc1ccc(CNC(=O)/C=C(/C)I)cc1. The highest BCUT2D eigenvalue weighted by molar-refractivity contribution is 14.1. The lowest BCUT2D eigenvalue weighted by atomic mass is 10.2. The van der Waals surface area contributed by atoms with Crippen LogP contribution in [-0.2, 0) is 16.1 Å². The maximum Gasteiger partial charge on any atom is 0.329 e. The third-order valence-corrected chi connectivity index (χ3v) is 2.90. The first-order valence-electron chi connectivity index (χ1n) is 6.56. The van der Waals surface area contributed by atoms with Gasteiger partial charge in [0.25, 0.3) is 0 Å². The van der Waals surface area contributed by atoms with Crippen LogP contribution >= 0.6 is 45.2 Å². The Morgan fingerprint density at radius 2 is 1.65 bits per heavy atom. The summed E-state index contributed by atoms with van der Waals surface area (Å²) >= 11 is 4.04. The van der Waals surface area contributed by atoms with Crippen LogP contribution in [0.5, 0.6) is 5.75 Å². The first kappa shape index (κ1) is 21.9. The van der Waals surface area contributed by atoms with Crippen LogP contribution in [0.25, 0.3) is 0 Å². The van der Waals surface area contributed by atoms with E-state index in [1.807, 2.05) is 53.8 Å². The molecular formula is C16H19I2NO4. The van der Waals surface area contributed by atoms with Gasteiger partial charge < -0.3 is 15.2 Å². The minimum atomic E-state index is -0.882. The molecule has 1 aromatic rings. The van der Waals surface area contributed by atoms with E-state index >= 15 is 0 Å². The lowest BCUT2D eigenvalue weighted by Gasteiger charge is -2.04. The molecule has 2 N–H and O–H groups in total. The van der Waals surface area contributed by atoms with Gasteiger partial charge in [0.2, 0.25) is 5.91 Å². The summed E-state index contributed by atoms with van der Waals surface area (Å²) in [6.45, 7) is 4.14. The molecule has 0 aliphatic heterocycles. The number of carboxylic acid groups (broad SMARTS) is 1. The summed E-state index contributed by atoms with van der Waals surface area (Å²) in [5, 5.41) is 10.8. The molecule has 23 heavy (non-hydrogen) atoms. The Morgan fingerprint density at radius 1 is 1.13 bits per heavy atom. The number of halogens is 2. The van der Waals surface area contributed by atoms with E-state index in [1.54, 1.807) is 20.1 Å². The highest BCUT2D eigenvalue weighted by Gasteiger charge is 1.98. The predicted molar refractivity (Wildman–Crippen MR) is 108 cm³/mol. The Bertz CT molecular complexity index is 572. The number of nitrogens with one attached hydrogen (secondary N) is 1. The van der Waals surface area contributed by atoms with Crippen LogP contribution in [0.2, 0.25) is 0 Å². The zero-order valence-corrected chi connectivity index (χ0v) is 17.4. The molecule has 1 aromatic carbocycles. The molecule has 0 fully saturated rings. The van der Waals surface area contributed by atoms with Crippen molar-refractivity contribution in [3.05, 3.63) is 49.1 Å². The van der Waals surface area contributed by atoms with Gasteiger partial charge in [-0.25, -0.2) is 4.79 Å². The highest BCUT2D eigenvalue weighted by atomic mass is 127. The number of hydrogen-bond donors (Lipinski definition) is 2. The van der Waals surface area contributed by atoms with Crippen molar-refractivity contribution < 1.29 is 19.4 Å². The van der Waals surface area contributed by atoms with Gasteiger partial charge in [-0.15, -0.1) is 0 Å². The maximum absolute atomic E-state index is 11.3. The molecule has 0 spiro atoms. The molecule has 0 aromatic heterocycles. The van der Waals surface area contributed by atoms with E-state index < -0.39 is 5.97 Å². The van der Waals surface area contributed by atoms with E-state index in [0.717, 1.165) is 24.5 Å². The first-order valence-corrected chi connectivity index (χ1v) is 8.71. The van der Waals surface area contributed by atoms with E-state index in [9.17, 15) is 9.59 Å². The Labute approximate surface area is 163 Å². The molecule has 0 aliphatic rings. The van der Waals surface area contributed by atoms with E-state index in [2.05, 4.69) is 27.9 Å². The zero-order valence-electron chi connectivity index (χ0n) is 13.1. The second kappa shape index (κ2) is 12.3. The first-order chi connectivity index (χ1) is 10.7. The average Bonchev–Trinajstić information content (AvgIpc) is 2.44. The number of carbonyl (C=O) groups is 2. The minimum Gasteiger partial charge on any atom is -0.497 e. The number of rotatable bonds is 5. The third kappa shape index (κ3) is 13.1. The Balaban J connectivity index is 0.000000585. The van der Waals surface area contributed by atoms with E-state index in [4.69, 9.17) is 9.84 Å². The van der Waals surface area contributed by atoms with Crippen LogP contribution in [0.3, 0.4) is 0 Å². The molecule has 0 saturated heterocycles. The summed E-state index contributed by atoms with van der Waals surface area (Å²) in [5.41, 5.74) is 1.05. The molecule has 0 heterocycles. The second-order valence-electron chi connectivity index (χ2n) is 4.37. The van der Waals surface area contributed by atoms with Gasteiger partial charge in [-0.3, -0.25) is 4.79 Å². The zero-order chi connectivity index (χ0) is 17.8. The van der Waals surface area contributed by atoms with Crippen molar-refractivity contribution >= 4 is 57.1 Å². The average molecular weight is 543 g/mol. The fourth-order valence-electron chi connectivity index (χ4n) is 1.33. The second-order valence-corrected chi connectivity index (χ2v) is 7.77. The predicted octanol–water partition coefficient (Wildman–Crippen LogP) is 4.06. The molecule has 0 atom stereocenters. The van der Waals surface area contributed by atoms with Gasteiger partial charge in [0.15, 0.2) is 0 Å². The van der Waals surface area contributed by atoms with Crippen molar-refractivity contribution in [2.45, 2.75) is 20.4 Å². The van der Waals surface area contributed by atoms with Gasteiger partial charge in [0, 0.05) is 18.7 Å². The van der Waals surface area contributed by atoms with Crippen LogP contribution in [0.4, 0.5) is 0 Å². The number of hydrogen-bond acceptors (Lipinski definition) is 3. The standard InChI is InChI=1S/C12H14INO2.C4H5IO2/c1-9(13)7-12(15)14-8-10-3-5-11(16-2)6-4-10;1-3(5)2-4(6)7/h3-7H,8H2,1-2H3,(H,14,15);2H,1H3,(H,6,7)/b9-7-;3-2-. The molecule has 7 heteroatoms. The van der Waals surface area contributed by atoms with Crippen LogP contribution in [0, 0.1) is 0 Å². The van der Waals surface area contributed by atoms with Gasteiger partial charge in [-0.05, 0) is 83.9 Å². The number of benzene rings is 1. The largest absolute Gasteiger partial charge is 0.497 e. The summed E-state index contributed by atoms with van der Waals surface area (Å²) < 4.78 is 6.79. The number of carboxylic acids is 1. The molecule has 1 amide bonds. The highest BCUT2D eigenvalue weighted by Crippen LogP contribution is 2.11. The topological polar surface area (TPSA) is 75.6 Å². The maximum atomic E-state index is 11.3. The lowest BCUT2D eigenvalue weighted by molar-refractivity contribution is -0.131. The summed E-state index contributed by atoms with van der Waals surface area (Å²) in [6, 6.07) is 7.61. The van der Waals surface area contributed by atoms with Gasteiger partial charge in [-0.2, -0.15) is 0 Å². The van der Waals surface area contributed by atoms with Gasteiger partial charge >= 0.3 is 5.97 Å². The van der Waals surface area contributed by atoms with Crippen molar-refractivity contribution in [3.8, 4) is 5.75 Å². The molecule has 126 valence electrons. The fourth-order valence-corrected chi connectivity index (χ4v) is 1.88. The molecule has 5 nitrogen and oxygen atoms in total. The molecule has 1 rings (SSSR count). The summed E-state index contributed by atoms with van der Waals surface area (Å²) in [7, 11) is 1.63. The van der Waals surface area contributed by atoms with E-state index in [-0.39, 0.29) is 5.91 Å². The monoisotopic (exact) mass is 543 g/mol. The van der Waals surface area contributed by atoms with Crippen LogP contribution in [0.15, 0.2) is 43.6 Å². The van der Waals surface area contributed by atoms with Crippen molar-refractivity contribution in [1.82, 2.24) is 5.32 Å². The van der Waals surface area contributed by atoms with Crippen LogP contribution in [0.1, 0.15) is 19.4 Å². The van der Waals surface area contributed by atoms with E-state index in [1.165, 1.54) is 0 Å². The van der Waals surface area contributed by atoms with Crippen LogP contribution < -0.4 is 10.1 Å².